The van der Waals surface area contributed by atoms with E-state index in [1.54, 1.807) is 6.92 Å². The molecule has 0 aliphatic rings. The second-order valence-electron chi connectivity index (χ2n) is 3.29. The molecule has 0 atom stereocenters. The molecule has 0 aromatic heterocycles. The molecule has 0 saturated heterocycles. The zero-order valence-electron chi connectivity index (χ0n) is 9.44. The summed E-state index contributed by atoms with van der Waals surface area (Å²) in [4.78, 5) is 11.4. The normalized spacial score (nSPS) is 10.8. The molecule has 0 heterocycles. The Labute approximate surface area is 109 Å². The molecule has 1 rings (SSSR count). The molecule has 0 radical (unpaired) electrons. The van der Waals surface area contributed by atoms with Crippen LogP contribution in [0.25, 0.3) is 5.57 Å². The highest BCUT2D eigenvalue weighted by Crippen LogP contribution is 2.22. The summed E-state index contributed by atoms with van der Waals surface area (Å²) in [5.41, 5.74) is 1.50. The van der Waals surface area contributed by atoms with Gasteiger partial charge in [-0.05, 0) is 30.2 Å². The topological polar surface area (TPSA) is 50.1 Å². The van der Waals surface area contributed by atoms with E-state index in [0.29, 0.717) is 12.2 Å². The Morgan fingerprint density at radius 3 is 2.94 bits per heavy atom. The maximum Gasteiger partial charge on any atom is 0.310 e. The summed E-state index contributed by atoms with van der Waals surface area (Å²) in [7, 11) is 0. The van der Waals surface area contributed by atoms with Gasteiger partial charge in [-0.1, -0.05) is 28.1 Å². The maximum absolute atomic E-state index is 11.4. The van der Waals surface area contributed by atoms with Gasteiger partial charge in [0, 0.05) is 10.5 Å². The van der Waals surface area contributed by atoms with E-state index in [1.807, 2.05) is 30.3 Å². The molecule has 3 nitrogen and oxygen atoms in total. The molecule has 1 aromatic carbocycles. The molecule has 0 amide bonds. The maximum atomic E-state index is 11.4. The molecule has 0 N–H and O–H groups in total. The number of hydrogen-bond donors (Lipinski definition) is 0. The minimum absolute atomic E-state index is 0.109. The van der Waals surface area contributed by atoms with Crippen LogP contribution in [0.3, 0.4) is 0 Å². The molecule has 0 fully saturated rings. The van der Waals surface area contributed by atoms with Gasteiger partial charge in [-0.25, -0.2) is 0 Å². The molecule has 0 bridgehead atoms. The number of hydrogen-bond acceptors (Lipinski definition) is 3. The van der Waals surface area contributed by atoms with Gasteiger partial charge in [-0.2, -0.15) is 5.26 Å². The van der Waals surface area contributed by atoms with Crippen molar-refractivity contribution in [1.82, 2.24) is 0 Å². The summed E-state index contributed by atoms with van der Waals surface area (Å²) in [6.07, 6.45) is 1.48. The standard InChI is InChI=1S/C13H12BrNO2/c1-2-17-13(16)9-11(6-7-15)10-4-3-5-12(14)8-10/h3-6,8H,2,9H2,1H3. The summed E-state index contributed by atoms with van der Waals surface area (Å²) in [5, 5.41) is 8.72. The lowest BCUT2D eigenvalue weighted by atomic mass is 10.0. The number of carbonyl (C=O) groups excluding carboxylic acids is 1. The minimum atomic E-state index is -0.325. The Morgan fingerprint density at radius 2 is 2.35 bits per heavy atom. The van der Waals surface area contributed by atoms with Crippen molar-refractivity contribution in [2.45, 2.75) is 13.3 Å². The van der Waals surface area contributed by atoms with Gasteiger partial charge in [-0.3, -0.25) is 4.79 Å². The zero-order valence-corrected chi connectivity index (χ0v) is 11.0. The molecule has 17 heavy (non-hydrogen) atoms. The van der Waals surface area contributed by atoms with E-state index in [1.165, 1.54) is 6.08 Å². The Hall–Kier alpha value is -1.60. The quantitative estimate of drug-likeness (QED) is 0.632. The lowest BCUT2D eigenvalue weighted by molar-refractivity contribution is -0.141. The van der Waals surface area contributed by atoms with Crippen molar-refractivity contribution in [1.29, 1.82) is 5.26 Å². The van der Waals surface area contributed by atoms with Crippen LogP contribution in [0, 0.1) is 11.3 Å². The predicted octanol–water partition coefficient (Wildman–Crippen LogP) is 3.31. The third-order valence-corrected chi connectivity index (χ3v) is 2.57. The summed E-state index contributed by atoms with van der Waals surface area (Å²) in [6, 6.07) is 9.41. The van der Waals surface area contributed by atoms with Crippen LogP contribution < -0.4 is 0 Å². The summed E-state index contributed by atoms with van der Waals surface area (Å²) < 4.78 is 5.77. The van der Waals surface area contributed by atoms with Crippen molar-refractivity contribution in [3.63, 3.8) is 0 Å². The second kappa shape index (κ2) is 6.87. The van der Waals surface area contributed by atoms with E-state index >= 15 is 0 Å². The monoisotopic (exact) mass is 293 g/mol. The lowest BCUT2D eigenvalue weighted by Crippen LogP contribution is -2.04. The highest BCUT2D eigenvalue weighted by molar-refractivity contribution is 9.10. The van der Waals surface area contributed by atoms with Crippen molar-refractivity contribution >= 4 is 27.5 Å². The third kappa shape index (κ3) is 4.41. The first kappa shape index (κ1) is 13.5. The number of halogens is 1. The van der Waals surface area contributed by atoms with E-state index in [2.05, 4.69) is 15.9 Å². The van der Waals surface area contributed by atoms with Gasteiger partial charge in [0.25, 0.3) is 0 Å². The van der Waals surface area contributed by atoms with Crippen LogP contribution in [0.5, 0.6) is 0 Å². The fraction of sp³-hybridized carbons (Fsp3) is 0.231. The highest BCUT2D eigenvalue weighted by Gasteiger charge is 2.09. The average Bonchev–Trinajstić information content (AvgIpc) is 2.29. The number of ether oxygens (including phenoxy) is 1. The Morgan fingerprint density at radius 1 is 1.59 bits per heavy atom. The van der Waals surface area contributed by atoms with E-state index in [-0.39, 0.29) is 12.4 Å². The van der Waals surface area contributed by atoms with Gasteiger partial charge >= 0.3 is 5.97 Å². The van der Waals surface area contributed by atoms with Crippen LogP contribution in [0.1, 0.15) is 18.9 Å². The number of carbonyl (C=O) groups is 1. The molecule has 0 aliphatic carbocycles. The smallest absolute Gasteiger partial charge is 0.310 e. The van der Waals surface area contributed by atoms with Crippen molar-refractivity contribution in [3.8, 4) is 6.07 Å². The molecule has 0 unspecified atom stereocenters. The van der Waals surface area contributed by atoms with Gasteiger partial charge in [0.2, 0.25) is 0 Å². The first-order valence-corrected chi connectivity index (χ1v) is 5.97. The van der Waals surface area contributed by atoms with Crippen LogP contribution in [0.4, 0.5) is 0 Å². The largest absolute Gasteiger partial charge is 0.466 e. The number of allylic oxidation sites excluding steroid dienone is 1. The molecule has 0 spiro atoms. The van der Waals surface area contributed by atoms with E-state index in [4.69, 9.17) is 10.00 Å². The SMILES string of the molecule is CCOC(=O)CC(=CC#N)c1cccc(Br)c1. The van der Waals surface area contributed by atoms with E-state index in [9.17, 15) is 4.79 Å². The molecule has 4 heteroatoms. The molecular formula is C13H12BrNO2. The van der Waals surface area contributed by atoms with Gasteiger partial charge in [0.1, 0.15) is 0 Å². The Bertz CT molecular complexity index is 475. The molecule has 1 aromatic rings. The van der Waals surface area contributed by atoms with Crippen molar-refractivity contribution in [2.75, 3.05) is 6.61 Å². The summed E-state index contributed by atoms with van der Waals surface area (Å²) in [6.45, 7) is 2.10. The molecular weight excluding hydrogens is 282 g/mol. The number of nitriles is 1. The highest BCUT2D eigenvalue weighted by atomic mass is 79.9. The van der Waals surface area contributed by atoms with Crippen molar-refractivity contribution < 1.29 is 9.53 Å². The number of benzene rings is 1. The van der Waals surface area contributed by atoms with Crippen molar-refractivity contribution in [2.24, 2.45) is 0 Å². The average molecular weight is 294 g/mol. The third-order valence-electron chi connectivity index (χ3n) is 2.07. The first-order chi connectivity index (χ1) is 8.17. The lowest BCUT2D eigenvalue weighted by Gasteiger charge is -2.06. The number of rotatable bonds is 4. The Kier molecular flexibility index (Phi) is 5.44. The second-order valence-corrected chi connectivity index (χ2v) is 4.21. The molecule has 88 valence electrons. The fourth-order valence-electron chi connectivity index (χ4n) is 1.37. The van der Waals surface area contributed by atoms with E-state index in [0.717, 1.165) is 10.0 Å². The molecule has 0 saturated carbocycles. The van der Waals surface area contributed by atoms with Crippen LogP contribution in [0.2, 0.25) is 0 Å². The van der Waals surface area contributed by atoms with Crippen LogP contribution in [0.15, 0.2) is 34.8 Å². The first-order valence-electron chi connectivity index (χ1n) is 5.17. The minimum Gasteiger partial charge on any atom is -0.466 e. The summed E-state index contributed by atoms with van der Waals surface area (Å²) >= 11 is 3.35. The number of nitrogens with zero attached hydrogens (tertiary/aromatic N) is 1. The predicted molar refractivity (Wildman–Crippen MR) is 69.0 cm³/mol. The van der Waals surface area contributed by atoms with Gasteiger partial charge in [-0.15, -0.1) is 0 Å². The van der Waals surface area contributed by atoms with Gasteiger partial charge < -0.3 is 4.74 Å². The summed E-state index contributed by atoms with van der Waals surface area (Å²) in [5.74, 6) is -0.325. The van der Waals surface area contributed by atoms with Gasteiger partial charge in [0.15, 0.2) is 0 Å². The fourth-order valence-corrected chi connectivity index (χ4v) is 1.77. The van der Waals surface area contributed by atoms with Gasteiger partial charge in [0.05, 0.1) is 19.1 Å². The van der Waals surface area contributed by atoms with Crippen LogP contribution in [-0.2, 0) is 9.53 Å². The number of esters is 1. The Balaban J connectivity index is 2.92. The van der Waals surface area contributed by atoms with E-state index < -0.39 is 0 Å². The van der Waals surface area contributed by atoms with Crippen molar-refractivity contribution in [3.05, 3.63) is 40.4 Å². The van der Waals surface area contributed by atoms with Crippen LogP contribution in [-0.4, -0.2) is 12.6 Å². The molecule has 0 aliphatic heterocycles. The zero-order chi connectivity index (χ0) is 12.7. The van der Waals surface area contributed by atoms with Crippen LogP contribution >= 0.6 is 15.9 Å².